The summed E-state index contributed by atoms with van der Waals surface area (Å²) in [6.07, 6.45) is 5.21. The van der Waals surface area contributed by atoms with Gasteiger partial charge in [-0.2, -0.15) is 0 Å². The van der Waals surface area contributed by atoms with Gasteiger partial charge in [0.15, 0.2) is 0 Å². The average molecular weight is 344 g/mol. The zero-order valence-electron chi connectivity index (χ0n) is 13.9. The van der Waals surface area contributed by atoms with Crippen LogP contribution in [-0.2, 0) is 4.79 Å². The van der Waals surface area contributed by atoms with Crippen molar-refractivity contribution in [1.82, 2.24) is 19.8 Å². The van der Waals surface area contributed by atoms with Crippen LogP contribution in [0.25, 0.3) is 11.0 Å². The molecule has 0 bridgehead atoms. The molecule has 4 heterocycles. The molecule has 0 radical (unpaired) electrons. The topological polar surface area (TPSA) is 69.3 Å². The molecule has 2 aromatic rings. The Morgan fingerprint density at radius 1 is 1.36 bits per heavy atom. The molecule has 6 nitrogen and oxygen atoms in total. The largest absolute Gasteiger partial charge is 0.345 e. The monoisotopic (exact) mass is 344 g/mol. The summed E-state index contributed by atoms with van der Waals surface area (Å²) in [7, 11) is 0. The molecular formula is C18H21FN4O2. The van der Waals surface area contributed by atoms with Gasteiger partial charge >= 0.3 is 0 Å². The van der Waals surface area contributed by atoms with Gasteiger partial charge in [-0.1, -0.05) is 0 Å². The Morgan fingerprint density at radius 3 is 2.88 bits per heavy atom. The summed E-state index contributed by atoms with van der Waals surface area (Å²) in [6.45, 7) is 1.30. The van der Waals surface area contributed by atoms with E-state index < -0.39 is 6.67 Å². The minimum absolute atomic E-state index is 0.00733. The van der Waals surface area contributed by atoms with Gasteiger partial charge in [-0.15, -0.1) is 0 Å². The number of H-pyrrole nitrogens is 1. The number of fused-ring (bicyclic) bond motifs is 1. The molecule has 25 heavy (non-hydrogen) atoms. The summed E-state index contributed by atoms with van der Waals surface area (Å²) in [5.41, 5.74) is 1.34. The number of rotatable bonds is 3. The van der Waals surface area contributed by atoms with E-state index >= 15 is 0 Å². The van der Waals surface area contributed by atoms with Gasteiger partial charge < -0.3 is 14.8 Å². The fourth-order valence-electron chi connectivity index (χ4n) is 3.95. The van der Waals surface area contributed by atoms with Gasteiger partial charge in [0.05, 0.1) is 12.2 Å². The standard InChI is InChI=1S/C18H21FN4O2/c19-9-12-8-16(24)23(11-12)13-3-6-22(7-4-13)18(25)15-10-21-17-14(15)2-1-5-20-17/h1-2,5,10,12-13H,3-4,6-9,11H2,(H,20,21). The summed E-state index contributed by atoms with van der Waals surface area (Å²) < 4.78 is 12.8. The lowest BCUT2D eigenvalue weighted by Gasteiger charge is -2.36. The molecule has 2 aliphatic heterocycles. The van der Waals surface area contributed by atoms with Crippen LogP contribution in [0.2, 0.25) is 0 Å². The summed E-state index contributed by atoms with van der Waals surface area (Å²) in [4.78, 5) is 35.8. The second-order valence-electron chi connectivity index (χ2n) is 6.90. The number of likely N-dealkylation sites (tertiary alicyclic amines) is 2. The molecule has 0 spiro atoms. The SMILES string of the molecule is O=C(c1c[nH]c2ncccc12)N1CCC(N2CC(CF)CC2=O)CC1. The van der Waals surface area contributed by atoms with Gasteiger partial charge in [0.25, 0.3) is 5.91 Å². The minimum Gasteiger partial charge on any atom is -0.345 e. The van der Waals surface area contributed by atoms with Gasteiger partial charge in [-0.05, 0) is 25.0 Å². The lowest BCUT2D eigenvalue weighted by Crippen LogP contribution is -2.47. The number of aromatic nitrogens is 2. The van der Waals surface area contributed by atoms with Crippen LogP contribution in [0.5, 0.6) is 0 Å². The third-order valence-electron chi connectivity index (χ3n) is 5.33. The molecule has 1 unspecified atom stereocenters. The number of nitrogens with one attached hydrogen (secondary N) is 1. The quantitative estimate of drug-likeness (QED) is 0.926. The second kappa shape index (κ2) is 6.46. The minimum atomic E-state index is -0.436. The van der Waals surface area contributed by atoms with Crippen LogP contribution in [0.1, 0.15) is 29.6 Å². The number of halogens is 1. The van der Waals surface area contributed by atoms with E-state index in [1.54, 1.807) is 12.4 Å². The van der Waals surface area contributed by atoms with E-state index in [9.17, 15) is 14.0 Å². The molecule has 4 rings (SSSR count). The highest BCUT2D eigenvalue weighted by Crippen LogP contribution is 2.27. The van der Waals surface area contributed by atoms with Crippen LogP contribution >= 0.6 is 0 Å². The van der Waals surface area contributed by atoms with Gasteiger partial charge in [0, 0.05) is 55.8 Å². The molecule has 0 aromatic carbocycles. The number of hydrogen-bond acceptors (Lipinski definition) is 3. The van der Waals surface area contributed by atoms with E-state index in [-0.39, 0.29) is 23.8 Å². The molecule has 1 atom stereocenters. The molecule has 2 fully saturated rings. The van der Waals surface area contributed by atoms with Crippen LogP contribution in [-0.4, -0.2) is 63.9 Å². The zero-order valence-corrected chi connectivity index (χ0v) is 13.9. The highest BCUT2D eigenvalue weighted by molar-refractivity contribution is 6.05. The Bertz CT molecular complexity index is 797. The lowest BCUT2D eigenvalue weighted by atomic mass is 10.0. The maximum atomic E-state index is 12.8. The summed E-state index contributed by atoms with van der Waals surface area (Å²) in [6, 6.07) is 3.83. The Kier molecular flexibility index (Phi) is 4.15. The molecule has 132 valence electrons. The first-order chi connectivity index (χ1) is 12.2. The molecule has 1 N–H and O–H groups in total. The normalized spacial score (nSPS) is 22.1. The van der Waals surface area contributed by atoms with Gasteiger partial charge in [0.2, 0.25) is 5.91 Å². The van der Waals surface area contributed by atoms with Gasteiger partial charge in [-0.25, -0.2) is 4.98 Å². The van der Waals surface area contributed by atoms with Crippen molar-refractivity contribution >= 4 is 22.8 Å². The number of piperidine rings is 1. The van der Waals surface area contributed by atoms with Crippen LogP contribution in [0.4, 0.5) is 4.39 Å². The predicted molar refractivity (Wildman–Crippen MR) is 90.8 cm³/mol. The first-order valence-corrected chi connectivity index (χ1v) is 8.74. The second-order valence-corrected chi connectivity index (χ2v) is 6.90. The Labute approximate surface area is 145 Å². The fourth-order valence-corrected chi connectivity index (χ4v) is 3.95. The number of carbonyl (C=O) groups excluding carboxylic acids is 2. The average Bonchev–Trinajstić information content (AvgIpc) is 3.24. The predicted octanol–water partition coefficient (Wildman–Crippen LogP) is 1.99. The van der Waals surface area contributed by atoms with Crippen molar-refractivity contribution in [3.63, 3.8) is 0 Å². The van der Waals surface area contributed by atoms with Gasteiger partial charge in [0.1, 0.15) is 5.65 Å². The molecule has 7 heteroatoms. The number of pyridine rings is 1. The van der Waals surface area contributed by atoms with Crippen molar-refractivity contribution in [2.24, 2.45) is 5.92 Å². The maximum Gasteiger partial charge on any atom is 0.256 e. The zero-order chi connectivity index (χ0) is 17.4. The Morgan fingerprint density at radius 2 is 2.16 bits per heavy atom. The summed E-state index contributed by atoms with van der Waals surface area (Å²) >= 11 is 0. The van der Waals surface area contributed by atoms with E-state index in [4.69, 9.17) is 0 Å². The van der Waals surface area contributed by atoms with Crippen molar-refractivity contribution in [1.29, 1.82) is 0 Å². The van der Waals surface area contributed by atoms with Crippen LogP contribution in [0.15, 0.2) is 24.5 Å². The fraction of sp³-hybridized carbons (Fsp3) is 0.500. The summed E-state index contributed by atoms with van der Waals surface area (Å²) in [5.74, 6) is -0.118. The first-order valence-electron chi connectivity index (χ1n) is 8.74. The third-order valence-corrected chi connectivity index (χ3v) is 5.33. The van der Waals surface area contributed by atoms with E-state index in [1.807, 2.05) is 21.9 Å². The molecule has 2 aromatic heterocycles. The number of aromatic amines is 1. The number of amides is 2. The van der Waals surface area contributed by atoms with E-state index in [1.165, 1.54) is 0 Å². The maximum absolute atomic E-state index is 12.8. The van der Waals surface area contributed by atoms with E-state index in [2.05, 4.69) is 9.97 Å². The number of hydrogen-bond donors (Lipinski definition) is 1. The van der Waals surface area contributed by atoms with Crippen molar-refractivity contribution in [3.8, 4) is 0 Å². The van der Waals surface area contributed by atoms with Crippen LogP contribution in [0, 0.1) is 5.92 Å². The highest BCUT2D eigenvalue weighted by atomic mass is 19.1. The number of nitrogens with zero attached hydrogens (tertiary/aromatic N) is 3. The molecule has 2 amide bonds. The lowest BCUT2D eigenvalue weighted by molar-refractivity contribution is -0.130. The van der Waals surface area contributed by atoms with Crippen LogP contribution < -0.4 is 0 Å². The Balaban J connectivity index is 1.42. The number of alkyl halides is 1. The molecule has 0 aliphatic carbocycles. The van der Waals surface area contributed by atoms with Crippen molar-refractivity contribution in [2.45, 2.75) is 25.3 Å². The number of carbonyl (C=O) groups is 2. The van der Waals surface area contributed by atoms with Crippen LogP contribution in [0.3, 0.4) is 0 Å². The van der Waals surface area contributed by atoms with E-state index in [0.29, 0.717) is 37.3 Å². The molecule has 0 saturated carbocycles. The van der Waals surface area contributed by atoms with Crippen molar-refractivity contribution < 1.29 is 14.0 Å². The van der Waals surface area contributed by atoms with E-state index in [0.717, 1.165) is 18.2 Å². The third kappa shape index (κ3) is 2.88. The summed E-state index contributed by atoms with van der Waals surface area (Å²) in [5, 5.41) is 0.829. The van der Waals surface area contributed by atoms with Crippen molar-refractivity contribution in [2.75, 3.05) is 26.3 Å². The Hall–Kier alpha value is -2.44. The molecule has 2 aliphatic rings. The first kappa shape index (κ1) is 16.1. The van der Waals surface area contributed by atoms with Gasteiger partial charge in [-0.3, -0.25) is 14.0 Å². The molecule has 2 saturated heterocycles. The smallest absolute Gasteiger partial charge is 0.256 e. The highest BCUT2D eigenvalue weighted by Gasteiger charge is 2.36. The molecular weight excluding hydrogens is 323 g/mol. The van der Waals surface area contributed by atoms with Crippen molar-refractivity contribution in [3.05, 3.63) is 30.1 Å².